The molecule has 1 aliphatic carbocycles. The van der Waals surface area contributed by atoms with Crippen LogP contribution in [0.15, 0.2) is 0 Å². The van der Waals surface area contributed by atoms with Crippen molar-refractivity contribution in [3.05, 3.63) is 0 Å². The van der Waals surface area contributed by atoms with Gasteiger partial charge in [-0.1, -0.05) is 13.8 Å². The second kappa shape index (κ2) is 7.20. The van der Waals surface area contributed by atoms with Gasteiger partial charge in [0.15, 0.2) is 0 Å². The van der Waals surface area contributed by atoms with Crippen LogP contribution in [0.2, 0.25) is 0 Å². The average molecular weight is 215 g/mol. The first-order chi connectivity index (χ1) is 7.24. The van der Waals surface area contributed by atoms with Crippen molar-refractivity contribution in [1.82, 2.24) is 5.32 Å². The van der Waals surface area contributed by atoms with Gasteiger partial charge in [0.05, 0.1) is 13.2 Å². The highest BCUT2D eigenvalue weighted by atomic mass is 16.5. The van der Waals surface area contributed by atoms with E-state index in [0.29, 0.717) is 12.0 Å². The number of ether oxygens (including phenoxy) is 2. The Morgan fingerprint density at radius 1 is 1.33 bits per heavy atom. The third-order valence-corrected chi connectivity index (χ3v) is 2.85. The molecular formula is C12H25NO2. The molecule has 3 heteroatoms. The predicted octanol–water partition coefficient (Wildman–Crippen LogP) is 1.67. The van der Waals surface area contributed by atoms with Crippen molar-refractivity contribution < 1.29 is 9.47 Å². The lowest BCUT2D eigenvalue weighted by molar-refractivity contribution is 0.109. The highest BCUT2D eigenvalue weighted by molar-refractivity contribution is 4.72. The fraction of sp³-hybridized carbons (Fsp3) is 1.00. The molecule has 1 atom stereocenters. The van der Waals surface area contributed by atoms with Crippen molar-refractivity contribution in [3.8, 4) is 0 Å². The summed E-state index contributed by atoms with van der Waals surface area (Å²) in [5.74, 6) is 1.47. The first-order valence-electron chi connectivity index (χ1n) is 6.04. The van der Waals surface area contributed by atoms with Gasteiger partial charge in [0.25, 0.3) is 0 Å². The van der Waals surface area contributed by atoms with Gasteiger partial charge in [-0.2, -0.15) is 0 Å². The standard InChI is InChI=1S/C12H25NO2/c1-10(2)12(9-14-3)13-6-7-15-8-11-4-5-11/h10-13H,4-9H2,1-3H3. The van der Waals surface area contributed by atoms with Gasteiger partial charge in [0, 0.05) is 26.3 Å². The van der Waals surface area contributed by atoms with Crippen molar-refractivity contribution in [1.29, 1.82) is 0 Å². The molecule has 0 heterocycles. The maximum atomic E-state index is 5.56. The zero-order valence-corrected chi connectivity index (χ0v) is 10.3. The van der Waals surface area contributed by atoms with E-state index in [4.69, 9.17) is 9.47 Å². The molecule has 1 N–H and O–H groups in total. The van der Waals surface area contributed by atoms with Gasteiger partial charge >= 0.3 is 0 Å². The predicted molar refractivity (Wildman–Crippen MR) is 62.0 cm³/mol. The third kappa shape index (κ3) is 6.13. The Morgan fingerprint density at radius 3 is 2.60 bits per heavy atom. The fourth-order valence-corrected chi connectivity index (χ4v) is 1.52. The number of hydrogen-bond acceptors (Lipinski definition) is 3. The molecule has 15 heavy (non-hydrogen) atoms. The zero-order valence-electron chi connectivity index (χ0n) is 10.3. The molecule has 3 nitrogen and oxygen atoms in total. The van der Waals surface area contributed by atoms with Crippen molar-refractivity contribution in [2.75, 3.05) is 33.5 Å². The van der Waals surface area contributed by atoms with Gasteiger partial charge in [-0.3, -0.25) is 0 Å². The molecule has 0 aromatic heterocycles. The van der Waals surface area contributed by atoms with E-state index in [1.807, 2.05) is 0 Å². The largest absolute Gasteiger partial charge is 0.383 e. The second-order valence-electron chi connectivity index (χ2n) is 4.78. The Hall–Kier alpha value is -0.120. The summed E-state index contributed by atoms with van der Waals surface area (Å²) in [5, 5.41) is 3.46. The van der Waals surface area contributed by atoms with Crippen molar-refractivity contribution in [2.45, 2.75) is 32.7 Å². The van der Waals surface area contributed by atoms with Crippen LogP contribution in [0.25, 0.3) is 0 Å². The first kappa shape index (κ1) is 12.9. The molecule has 0 aromatic rings. The minimum Gasteiger partial charge on any atom is -0.383 e. The number of hydrogen-bond donors (Lipinski definition) is 1. The SMILES string of the molecule is COCC(NCCOCC1CC1)C(C)C. The van der Waals surface area contributed by atoms with Gasteiger partial charge in [0.1, 0.15) is 0 Å². The summed E-state index contributed by atoms with van der Waals surface area (Å²) in [5.41, 5.74) is 0. The third-order valence-electron chi connectivity index (χ3n) is 2.85. The molecule has 0 amide bonds. The highest BCUT2D eigenvalue weighted by Crippen LogP contribution is 2.28. The molecule has 1 saturated carbocycles. The molecule has 0 aromatic carbocycles. The second-order valence-corrected chi connectivity index (χ2v) is 4.78. The summed E-state index contributed by atoms with van der Waals surface area (Å²) in [6.07, 6.45) is 2.73. The fourth-order valence-electron chi connectivity index (χ4n) is 1.52. The molecule has 1 fully saturated rings. The summed E-state index contributed by atoms with van der Waals surface area (Å²) >= 11 is 0. The van der Waals surface area contributed by atoms with E-state index in [2.05, 4.69) is 19.2 Å². The van der Waals surface area contributed by atoms with Gasteiger partial charge < -0.3 is 14.8 Å². The van der Waals surface area contributed by atoms with Crippen LogP contribution in [0.5, 0.6) is 0 Å². The molecular weight excluding hydrogens is 190 g/mol. The lowest BCUT2D eigenvalue weighted by Gasteiger charge is -2.21. The van der Waals surface area contributed by atoms with Crippen LogP contribution < -0.4 is 5.32 Å². The van der Waals surface area contributed by atoms with Crippen molar-refractivity contribution in [2.24, 2.45) is 11.8 Å². The normalized spacial score (nSPS) is 18.4. The van der Waals surface area contributed by atoms with Crippen LogP contribution in [0, 0.1) is 11.8 Å². The Kier molecular flexibility index (Phi) is 6.22. The van der Waals surface area contributed by atoms with Gasteiger partial charge in [-0.25, -0.2) is 0 Å². The van der Waals surface area contributed by atoms with E-state index in [9.17, 15) is 0 Å². The molecule has 0 bridgehead atoms. The molecule has 1 rings (SSSR count). The molecule has 0 aliphatic heterocycles. The Labute approximate surface area is 93.5 Å². The minimum atomic E-state index is 0.444. The smallest absolute Gasteiger partial charge is 0.0618 e. The monoisotopic (exact) mass is 215 g/mol. The molecule has 1 unspecified atom stereocenters. The van der Waals surface area contributed by atoms with Crippen LogP contribution in [0.4, 0.5) is 0 Å². The molecule has 1 aliphatic rings. The Bertz CT molecular complexity index is 158. The van der Waals surface area contributed by atoms with Gasteiger partial charge in [-0.15, -0.1) is 0 Å². The molecule has 90 valence electrons. The van der Waals surface area contributed by atoms with Crippen LogP contribution in [0.1, 0.15) is 26.7 Å². The quantitative estimate of drug-likeness (QED) is 0.594. The summed E-state index contributed by atoms with van der Waals surface area (Å²) in [6, 6.07) is 0.444. The van der Waals surface area contributed by atoms with E-state index in [1.54, 1.807) is 7.11 Å². The van der Waals surface area contributed by atoms with E-state index >= 15 is 0 Å². The number of nitrogens with one attached hydrogen (secondary N) is 1. The van der Waals surface area contributed by atoms with E-state index in [0.717, 1.165) is 32.3 Å². The number of methoxy groups -OCH3 is 1. The summed E-state index contributed by atoms with van der Waals surface area (Å²) in [7, 11) is 1.75. The summed E-state index contributed by atoms with van der Waals surface area (Å²) < 4.78 is 10.7. The molecule has 0 radical (unpaired) electrons. The first-order valence-corrected chi connectivity index (χ1v) is 6.04. The summed E-state index contributed by atoms with van der Waals surface area (Å²) in [6.45, 7) is 7.91. The maximum Gasteiger partial charge on any atom is 0.0618 e. The molecule has 0 spiro atoms. The van der Waals surface area contributed by atoms with Crippen molar-refractivity contribution in [3.63, 3.8) is 0 Å². The lowest BCUT2D eigenvalue weighted by Crippen LogP contribution is -2.39. The lowest BCUT2D eigenvalue weighted by atomic mass is 10.1. The topological polar surface area (TPSA) is 30.5 Å². The number of rotatable bonds is 9. The zero-order chi connectivity index (χ0) is 11.1. The van der Waals surface area contributed by atoms with E-state index in [-0.39, 0.29) is 0 Å². The van der Waals surface area contributed by atoms with E-state index < -0.39 is 0 Å². The van der Waals surface area contributed by atoms with Crippen LogP contribution >= 0.6 is 0 Å². The highest BCUT2D eigenvalue weighted by Gasteiger charge is 2.21. The summed E-state index contributed by atoms with van der Waals surface area (Å²) in [4.78, 5) is 0. The molecule has 0 saturated heterocycles. The Morgan fingerprint density at radius 2 is 2.07 bits per heavy atom. The van der Waals surface area contributed by atoms with Crippen molar-refractivity contribution >= 4 is 0 Å². The van der Waals surface area contributed by atoms with Crippen LogP contribution in [-0.2, 0) is 9.47 Å². The van der Waals surface area contributed by atoms with Gasteiger partial charge in [-0.05, 0) is 24.7 Å². The van der Waals surface area contributed by atoms with Crippen LogP contribution in [0.3, 0.4) is 0 Å². The Balaban J connectivity index is 1.94. The van der Waals surface area contributed by atoms with Crippen LogP contribution in [-0.4, -0.2) is 39.5 Å². The van der Waals surface area contributed by atoms with Gasteiger partial charge in [0.2, 0.25) is 0 Å². The average Bonchev–Trinajstić information content (AvgIpc) is 2.99. The minimum absolute atomic E-state index is 0.444. The van der Waals surface area contributed by atoms with E-state index in [1.165, 1.54) is 12.8 Å². The maximum absolute atomic E-state index is 5.56.